The molecule has 2 aliphatic rings. The van der Waals surface area contributed by atoms with Gasteiger partial charge in [-0.1, -0.05) is 25.7 Å². The van der Waals surface area contributed by atoms with Gasteiger partial charge in [0.25, 0.3) is 0 Å². The normalized spacial score (nSPS) is 18.9. The Morgan fingerprint density at radius 1 is 0.903 bits per heavy atom. The molecular formula is C24H37N5O2. The van der Waals surface area contributed by atoms with E-state index in [0.717, 1.165) is 48.8 Å². The lowest BCUT2D eigenvalue weighted by Gasteiger charge is -2.37. The van der Waals surface area contributed by atoms with E-state index in [1.54, 1.807) is 14.2 Å². The van der Waals surface area contributed by atoms with Crippen molar-refractivity contribution < 1.29 is 9.47 Å². The fourth-order valence-corrected chi connectivity index (χ4v) is 4.75. The number of fused-ring (bicyclic) bond motifs is 1. The quantitative estimate of drug-likeness (QED) is 0.689. The van der Waals surface area contributed by atoms with E-state index < -0.39 is 0 Å². The summed E-state index contributed by atoms with van der Waals surface area (Å²) in [6.45, 7) is 8.49. The molecule has 1 saturated carbocycles. The number of aromatic nitrogens is 2. The summed E-state index contributed by atoms with van der Waals surface area (Å²) < 4.78 is 11.1. The van der Waals surface area contributed by atoms with Crippen LogP contribution < -0.4 is 19.7 Å². The maximum atomic E-state index is 5.57. The largest absolute Gasteiger partial charge is 0.493 e. The Kier molecular flexibility index (Phi) is 7.00. The molecule has 0 atom stereocenters. The van der Waals surface area contributed by atoms with Crippen LogP contribution >= 0.6 is 0 Å². The van der Waals surface area contributed by atoms with Gasteiger partial charge >= 0.3 is 0 Å². The third kappa shape index (κ3) is 4.97. The number of nitrogens with zero attached hydrogens (tertiary/aromatic N) is 4. The van der Waals surface area contributed by atoms with Crippen LogP contribution in [0.2, 0.25) is 0 Å². The van der Waals surface area contributed by atoms with E-state index in [0.29, 0.717) is 23.6 Å². The molecule has 0 radical (unpaired) electrons. The predicted molar refractivity (Wildman–Crippen MR) is 127 cm³/mol. The van der Waals surface area contributed by atoms with Gasteiger partial charge in [0.2, 0.25) is 5.95 Å². The van der Waals surface area contributed by atoms with Gasteiger partial charge in [0.1, 0.15) is 5.82 Å². The molecule has 0 amide bonds. The molecule has 7 heteroatoms. The van der Waals surface area contributed by atoms with Gasteiger partial charge in [-0.15, -0.1) is 0 Å². The summed E-state index contributed by atoms with van der Waals surface area (Å²) in [4.78, 5) is 14.8. The van der Waals surface area contributed by atoms with Gasteiger partial charge in [-0.2, -0.15) is 4.98 Å². The van der Waals surface area contributed by atoms with Crippen LogP contribution in [0.3, 0.4) is 0 Å². The zero-order valence-corrected chi connectivity index (χ0v) is 19.5. The van der Waals surface area contributed by atoms with E-state index in [-0.39, 0.29) is 0 Å². The van der Waals surface area contributed by atoms with Gasteiger partial charge in [-0.05, 0) is 32.8 Å². The number of hydrogen-bond donors (Lipinski definition) is 1. The topological polar surface area (TPSA) is 62.8 Å². The summed E-state index contributed by atoms with van der Waals surface area (Å²) in [7, 11) is 3.34. The van der Waals surface area contributed by atoms with Gasteiger partial charge in [0, 0.05) is 49.7 Å². The van der Waals surface area contributed by atoms with Crippen molar-refractivity contribution in [3.8, 4) is 11.5 Å². The van der Waals surface area contributed by atoms with Crippen LogP contribution in [0.15, 0.2) is 12.1 Å². The van der Waals surface area contributed by atoms with Crippen LogP contribution in [0, 0.1) is 0 Å². The fraction of sp³-hybridized carbons (Fsp3) is 0.667. The van der Waals surface area contributed by atoms with Crippen LogP contribution in [-0.2, 0) is 0 Å². The van der Waals surface area contributed by atoms with Gasteiger partial charge < -0.3 is 19.7 Å². The van der Waals surface area contributed by atoms with Crippen molar-refractivity contribution in [2.45, 2.75) is 64.5 Å². The smallest absolute Gasteiger partial charge is 0.227 e. The average molecular weight is 428 g/mol. The third-order valence-electron chi connectivity index (χ3n) is 6.71. The standard InChI is InChI=1S/C24H37N5O2/c1-17(2)28-11-13-29(14-12-28)24-26-20-16-22(31-4)21(30-3)15-19(20)23(27-24)25-18-9-7-5-6-8-10-18/h15-18H,5-14H2,1-4H3,(H,25,26,27). The monoisotopic (exact) mass is 427 g/mol. The van der Waals surface area contributed by atoms with E-state index >= 15 is 0 Å². The molecule has 1 saturated heterocycles. The minimum Gasteiger partial charge on any atom is -0.493 e. The molecule has 1 aliphatic carbocycles. The molecule has 0 spiro atoms. The molecule has 170 valence electrons. The highest BCUT2D eigenvalue weighted by Crippen LogP contribution is 2.36. The van der Waals surface area contributed by atoms with Crippen molar-refractivity contribution in [1.82, 2.24) is 14.9 Å². The Balaban J connectivity index is 1.69. The molecule has 1 aromatic heterocycles. The van der Waals surface area contributed by atoms with Crippen molar-refractivity contribution in [3.63, 3.8) is 0 Å². The maximum absolute atomic E-state index is 5.57. The Hall–Kier alpha value is -2.28. The highest BCUT2D eigenvalue weighted by Gasteiger charge is 2.23. The second-order valence-electron chi connectivity index (χ2n) is 9.05. The summed E-state index contributed by atoms with van der Waals surface area (Å²) in [6, 6.07) is 5.01. The maximum Gasteiger partial charge on any atom is 0.227 e. The lowest BCUT2D eigenvalue weighted by atomic mass is 10.1. The molecule has 2 fully saturated rings. The van der Waals surface area contributed by atoms with Crippen molar-refractivity contribution in [2.24, 2.45) is 0 Å². The lowest BCUT2D eigenvalue weighted by molar-refractivity contribution is 0.208. The van der Waals surface area contributed by atoms with Gasteiger partial charge in [-0.3, -0.25) is 4.90 Å². The minimum absolute atomic E-state index is 0.458. The third-order valence-corrected chi connectivity index (χ3v) is 6.71. The van der Waals surface area contributed by atoms with Crippen LogP contribution in [-0.4, -0.2) is 67.4 Å². The van der Waals surface area contributed by atoms with E-state index in [1.807, 2.05) is 12.1 Å². The molecule has 1 aliphatic heterocycles. The number of nitrogens with one attached hydrogen (secondary N) is 1. The SMILES string of the molecule is COc1cc2nc(N3CCN(C(C)C)CC3)nc(NC3CCCCCC3)c2cc1OC. The molecule has 31 heavy (non-hydrogen) atoms. The number of piperazine rings is 1. The first-order valence-corrected chi connectivity index (χ1v) is 11.8. The Morgan fingerprint density at radius 3 is 2.16 bits per heavy atom. The highest BCUT2D eigenvalue weighted by molar-refractivity contribution is 5.93. The zero-order valence-electron chi connectivity index (χ0n) is 19.5. The van der Waals surface area contributed by atoms with Crippen molar-refractivity contribution in [3.05, 3.63) is 12.1 Å². The van der Waals surface area contributed by atoms with Crippen molar-refractivity contribution in [1.29, 1.82) is 0 Å². The number of hydrogen-bond acceptors (Lipinski definition) is 7. The number of methoxy groups -OCH3 is 2. The molecule has 0 bridgehead atoms. The molecule has 2 aromatic rings. The summed E-state index contributed by atoms with van der Waals surface area (Å²) in [5, 5.41) is 4.77. The van der Waals surface area contributed by atoms with E-state index in [2.05, 4.69) is 29.0 Å². The van der Waals surface area contributed by atoms with Crippen LogP contribution in [0.25, 0.3) is 10.9 Å². The highest BCUT2D eigenvalue weighted by atomic mass is 16.5. The second-order valence-corrected chi connectivity index (χ2v) is 9.05. The molecule has 1 aromatic carbocycles. The average Bonchev–Trinajstić information content (AvgIpc) is 3.06. The Morgan fingerprint density at radius 2 is 1.55 bits per heavy atom. The molecule has 2 heterocycles. The number of anilines is 2. The summed E-state index contributed by atoms with van der Waals surface area (Å²) in [6.07, 6.45) is 7.62. The number of benzene rings is 1. The molecule has 4 rings (SSSR count). The molecule has 7 nitrogen and oxygen atoms in total. The van der Waals surface area contributed by atoms with Crippen molar-refractivity contribution in [2.75, 3.05) is 50.6 Å². The van der Waals surface area contributed by atoms with Crippen molar-refractivity contribution >= 4 is 22.7 Å². The van der Waals surface area contributed by atoms with Crippen LogP contribution in [0.4, 0.5) is 11.8 Å². The number of rotatable bonds is 6. The molecule has 1 N–H and O–H groups in total. The first-order valence-electron chi connectivity index (χ1n) is 11.8. The van der Waals surface area contributed by atoms with E-state index in [1.165, 1.54) is 38.5 Å². The Bertz CT molecular complexity index is 872. The summed E-state index contributed by atoms with van der Waals surface area (Å²) >= 11 is 0. The van der Waals surface area contributed by atoms with E-state index in [9.17, 15) is 0 Å². The Labute approximate surface area is 186 Å². The predicted octanol–water partition coefficient (Wildman–Crippen LogP) is 4.31. The molecular weight excluding hydrogens is 390 g/mol. The van der Waals surface area contributed by atoms with Crippen LogP contribution in [0.1, 0.15) is 52.4 Å². The first kappa shape index (κ1) is 21.9. The second kappa shape index (κ2) is 9.90. The number of ether oxygens (including phenoxy) is 2. The van der Waals surface area contributed by atoms with Gasteiger partial charge in [0.05, 0.1) is 19.7 Å². The summed E-state index contributed by atoms with van der Waals surface area (Å²) in [5.74, 6) is 3.13. The molecule has 0 unspecified atom stereocenters. The van der Waals surface area contributed by atoms with Gasteiger partial charge in [-0.25, -0.2) is 4.98 Å². The van der Waals surface area contributed by atoms with Gasteiger partial charge in [0.15, 0.2) is 11.5 Å². The fourth-order valence-electron chi connectivity index (χ4n) is 4.75. The van der Waals surface area contributed by atoms with E-state index in [4.69, 9.17) is 19.4 Å². The lowest BCUT2D eigenvalue weighted by Crippen LogP contribution is -2.49. The summed E-state index contributed by atoms with van der Waals surface area (Å²) in [5.41, 5.74) is 0.894. The zero-order chi connectivity index (χ0) is 21.8. The minimum atomic E-state index is 0.458. The van der Waals surface area contributed by atoms with Crippen LogP contribution in [0.5, 0.6) is 11.5 Å². The first-order chi connectivity index (χ1) is 15.1.